The first kappa shape index (κ1) is 13.6. The molecule has 0 aromatic heterocycles. The highest BCUT2D eigenvalue weighted by Crippen LogP contribution is 2.23. The Labute approximate surface area is 120 Å². The summed E-state index contributed by atoms with van der Waals surface area (Å²) in [5, 5.41) is 9.79. The third kappa shape index (κ3) is 2.95. The van der Waals surface area contributed by atoms with E-state index in [1.165, 1.54) is 0 Å². The van der Waals surface area contributed by atoms with Crippen LogP contribution < -0.4 is 0 Å². The van der Waals surface area contributed by atoms with Crippen LogP contribution in [0, 0.1) is 3.57 Å². The third-order valence-electron chi connectivity index (χ3n) is 2.90. The molecule has 0 saturated carbocycles. The van der Waals surface area contributed by atoms with Crippen LogP contribution in [0.25, 0.3) is 0 Å². The topological polar surface area (TPSA) is 49.8 Å². The van der Waals surface area contributed by atoms with E-state index in [9.17, 15) is 9.90 Å². The van der Waals surface area contributed by atoms with E-state index in [1.54, 1.807) is 23.1 Å². The molecule has 0 unspecified atom stereocenters. The molecular weight excluding hydrogens is 345 g/mol. The predicted molar refractivity (Wildman–Crippen MR) is 76.7 cm³/mol. The van der Waals surface area contributed by atoms with Crippen molar-refractivity contribution in [3.05, 3.63) is 27.3 Å². The molecule has 4 nitrogen and oxygen atoms in total. The number of benzene rings is 1. The van der Waals surface area contributed by atoms with Crippen LogP contribution in [-0.4, -0.2) is 41.2 Å². The quantitative estimate of drug-likeness (QED) is 0.781. The number of ether oxygens (including phenoxy) is 1. The molecule has 2 atom stereocenters. The van der Waals surface area contributed by atoms with Crippen molar-refractivity contribution in [2.75, 3.05) is 13.1 Å². The molecule has 5 heteroatoms. The molecule has 0 spiro atoms. The number of hydrogen-bond donors (Lipinski definition) is 1. The minimum atomic E-state index is -0.131. The van der Waals surface area contributed by atoms with Crippen LogP contribution in [0.5, 0.6) is 5.75 Å². The fraction of sp³-hybridized carbons (Fsp3) is 0.462. The molecule has 0 aliphatic carbocycles. The van der Waals surface area contributed by atoms with E-state index >= 15 is 0 Å². The number of aromatic hydroxyl groups is 1. The molecule has 98 valence electrons. The molecule has 1 saturated heterocycles. The Hall–Kier alpha value is -0.820. The van der Waals surface area contributed by atoms with Gasteiger partial charge in [-0.2, -0.15) is 0 Å². The van der Waals surface area contributed by atoms with Gasteiger partial charge in [-0.3, -0.25) is 4.79 Å². The molecular formula is C13H16INO3. The highest BCUT2D eigenvalue weighted by atomic mass is 127. The highest BCUT2D eigenvalue weighted by molar-refractivity contribution is 14.1. The number of carbonyl (C=O) groups excluding carboxylic acids is 1. The van der Waals surface area contributed by atoms with Gasteiger partial charge in [-0.1, -0.05) is 0 Å². The average Bonchev–Trinajstić information content (AvgIpc) is 2.30. The number of phenolic OH excluding ortho intramolecular Hbond substituents is 1. The molecule has 1 aromatic carbocycles. The number of hydrogen-bond acceptors (Lipinski definition) is 3. The molecule has 1 aromatic rings. The van der Waals surface area contributed by atoms with Crippen molar-refractivity contribution in [2.45, 2.75) is 26.1 Å². The molecule has 1 amide bonds. The molecule has 0 radical (unpaired) electrons. The van der Waals surface area contributed by atoms with E-state index in [1.807, 2.05) is 13.8 Å². The maximum absolute atomic E-state index is 12.4. The van der Waals surface area contributed by atoms with E-state index in [2.05, 4.69) is 22.6 Å². The van der Waals surface area contributed by atoms with Crippen molar-refractivity contribution in [3.63, 3.8) is 0 Å². The van der Waals surface area contributed by atoms with Crippen molar-refractivity contribution >= 4 is 28.5 Å². The Morgan fingerprint density at radius 1 is 1.39 bits per heavy atom. The molecule has 1 aliphatic heterocycles. The summed E-state index contributed by atoms with van der Waals surface area (Å²) in [5.74, 6) is -0.0970. The first-order chi connectivity index (χ1) is 8.47. The maximum atomic E-state index is 12.4. The standard InChI is InChI=1S/C13H16INO3/c1-8-6-15(7-9(2)18-8)13(17)11-5-10(14)3-4-12(11)16/h3-5,8-9,16H,6-7H2,1-2H3/t8-,9+. The van der Waals surface area contributed by atoms with Crippen molar-refractivity contribution in [3.8, 4) is 5.75 Å². The van der Waals surface area contributed by atoms with Gasteiger partial charge in [0.05, 0.1) is 17.8 Å². The first-order valence-corrected chi connectivity index (χ1v) is 6.98. The van der Waals surface area contributed by atoms with Gasteiger partial charge < -0.3 is 14.7 Å². The van der Waals surface area contributed by atoms with Gasteiger partial charge >= 0.3 is 0 Å². The average molecular weight is 361 g/mol. The molecule has 1 fully saturated rings. The normalized spacial score (nSPS) is 24.1. The molecule has 18 heavy (non-hydrogen) atoms. The van der Waals surface area contributed by atoms with Gasteiger partial charge in [-0.25, -0.2) is 0 Å². The van der Waals surface area contributed by atoms with Crippen molar-refractivity contribution < 1.29 is 14.6 Å². The number of phenols is 1. The minimum absolute atomic E-state index is 0.0302. The summed E-state index contributed by atoms with van der Waals surface area (Å²) < 4.78 is 6.53. The Morgan fingerprint density at radius 3 is 2.61 bits per heavy atom. The van der Waals surface area contributed by atoms with Gasteiger partial charge in [0.15, 0.2) is 0 Å². The Kier molecular flexibility index (Phi) is 4.11. The number of amides is 1. The van der Waals surface area contributed by atoms with Gasteiger partial charge in [-0.15, -0.1) is 0 Å². The van der Waals surface area contributed by atoms with E-state index in [0.717, 1.165) is 3.57 Å². The molecule has 1 aliphatic rings. The monoisotopic (exact) mass is 361 g/mol. The van der Waals surface area contributed by atoms with Crippen LogP contribution >= 0.6 is 22.6 Å². The smallest absolute Gasteiger partial charge is 0.257 e. The van der Waals surface area contributed by atoms with Gasteiger partial charge in [0.1, 0.15) is 5.75 Å². The Morgan fingerprint density at radius 2 is 2.00 bits per heavy atom. The van der Waals surface area contributed by atoms with Crippen LogP contribution in [0.1, 0.15) is 24.2 Å². The highest BCUT2D eigenvalue weighted by Gasteiger charge is 2.27. The zero-order valence-electron chi connectivity index (χ0n) is 10.4. The zero-order chi connectivity index (χ0) is 13.3. The fourth-order valence-corrected chi connectivity index (χ4v) is 2.68. The Bertz CT molecular complexity index is 454. The summed E-state index contributed by atoms with van der Waals surface area (Å²) in [6.07, 6.45) is 0.0604. The van der Waals surface area contributed by atoms with E-state index in [4.69, 9.17) is 4.74 Å². The summed E-state index contributed by atoms with van der Waals surface area (Å²) in [7, 11) is 0. The molecule has 1 heterocycles. The predicted octanol–water partition coefficient (Wildman–Crippen LogP) is 2.25. The van der Waals surface area contributed by atoms with Gasteiger partial charge in [-0.05, 0) is 54.6 Å². The van der Waals surface area contributed by atoms with Gasteiger partial charge in [0.25, 0.3) is 5.91 Å². The second kappa shape index (κ2) is 5.44. The van der Waals surface area contributed by atoms with Crippen LogP contribution in [0.4, 0.5) is 0 Å². The van der Waals surface area contributed by atoms with Gasteiger partial charge in [0, 0.05) is 16.7 Å². The van der Waals surface area contributed by atoms with Crippen LogP contribution in [-0.2, 0) is 4.74 Å². The van der Waals surface area contributed by atoms with E-state index < -0.39 is 0 Å². The van der Waals surface area contributed by atoms with E-state index in [0.29, 0.717) is 18.7 Å². The lowest BCUT2D eigenvalue weighted by Crippen LogP contribution is -2.48. The second-order valence-electron chi connectivity index (χ2n) is 4.63. The summed E-state index contributed by atoms with van der Waals surface area (Å²) in [5.41, 5.74) is 0.364. The molecule has 2 rings (SSSR count). The van der Waals surface area contributed by atoms with Gasteiger partial charge in [0.2, 0.25) is 0 Å². The summed E-state index contributed by atoms with van der Waals surface area (Å²) >= 11 is 2.13. The fourth-order valence-electron chi connectivity index (χ4n) is 2.19. The summed E-state index contributed by atoms with van der Waals surface area (Å²) in [4.78, 5) is 14.1. The number of rotatable bonds is 1. The largest absolute Gasteiger partial charge is 0.507 e. The number of halogens is 1. The third-order valence-corrected chi connectivity index (χ3v) is 3.57. The number of nitrogens with zero attached hydrogens (tertiary/aromatic N) is 1. The van der Waals surface area contributed by atoms with Crippen LogP contribution in [0.3, 0.4) is 0 Å². The second-order valence-corrected chi connectivity index (χ2v) is 5.87. The van der Waals surface area contributed by atoms with Crippen molar-refractivity contribution in [1.29, 1.82) is 0 Å². The van der Waals surface area contributed by atoms with Crippen LogP contribution in [0.15, 0.2) is 18.2 Å². The number of morpholine rings is 1. The molecule has 0 bridgehead atoms. The minimum Gasteiger partial charge on any atom is -0.507 e. The van der Waals surface area contributed by atoms with Crippen molar-refractivity contribution in [1.82, 2.24) is 4.90 Å². The summed E-state index contributed by atoms with van der Waals surface area (Å²) in [6, 6.07) is 5.04. The Balaban J connectivity index is 2.22. The summed E-state index contributed by atoms with van der Waals surface area (Å²) in [6.45, 7) is 5.03. The van der Waals surface area contributed by atoms with Crippen LogP contribution in [0.2, 0.25) is 0 Å². The lowest BCUT2D eigenvalue weighted by atomic mass is 10.1. The number of carbonyl (C=O) groups is 1. The lowest BCUT2D eigenvalue weighted by molar-refractivity contribution is -0.0586. The van der Waals surface area contributed by atoms with E-state index in [-0.39, 0.29) is 23.9 Å². The first-order valence-electron chi connectivity index (χ1n) is 5.90. The maximum Gasteiger partial charge on any atom is 0.257 e. The zero-order valence-corrected chi connectivity index (χ0v) is 12.5. The lowest BCUT2D eigenvalue weighted by Gasteiger charge is -2.35. The SMILES string of the molecule is C[C@@H]1CN(C(=O)c2cc(I)ccc2O)C[C@H](C)O1. The molecule has 1 N–H and O–H groups in total. The van der Waals surface area contributed by atoms with Crippen molar-refractivity contribution in [2.24, 2.45) is 0 Å².